The van der Waals surface area contributed by atoms with Crippen LogP contribution in [0.3, 0.4) is 0 Å². The van der Waals surface area contributed by atoms with Crippen molar-refractivity contribution in [2.45, 2.75) is 128 Å². The third-order valence-corrected chi connectivity index (χ3v) is 6.53. The first-order chi connectivity index (χ1) is 17.6. The van der Waals surface area contributed by atoms with Gasteiger partial charge in [-0.05, 0) is 58.4 Å². The highest BCUT2D eigenvalue weighted by atomic mass is 16.6. The number of alkyl carbamates (subject to hydrolysis) is 1. The highest BCUT2D eigenvalue weighted by Crippen LogP contribution is 2.22. The Bertz CT molecular complexity index is 795. The van der Waals surface area contributed by atoms with Gasteiger partial charge >= 0.3 is 18.0 Å². The Labute approximate surface area is 221 Å². The fraction of sp³-hybridized carbons (Fsp3) is 0.690. The quantitative estimate of drug-likeness (QED) is 0.358. The maximum Gasteiger partial charge on any atom is 0.408 e. The maximum atomic E-state index is 12.1. The lowest BCUT2D eigenvalue weighted by Gasteiger charge is -2.30. The largest absolute Gasteiger partial charge is 0.481 e. The molecule has 1 amide bonds. The molecule has 0 unspecified atom stereocenters. The van der Waals surface area contributed by atoms with Gasteiger partial charge in [0, 0.05) is 18.5 Å². The molecule has 3 rings (SSSR count). The van der Waals surface area contributed by atoms with E-state index in [1.165, 1.54) is 64.2 Å². The molecule has 2 aliphatic rings. The Morgan fingerprint density at radius 1 is 0.919 bits per heavy atom. The number of hydrogen-bond donors (Lipinski definition) is 3. The van der Waals surface area contributed by atoms with Gasteiger partial charge in [-0.1, -0.05) is 68.9 Å². The van der Waals surface area contributed by atoms with E-state index in [1.807, 2.05) is 18.2 Å². The van der Waals surface area contributed by atoms with Crippen LogP contribution in [-0.4, -0.2) is 46.9 Å². The highest BCUT2D eigenvalue weighted by molar-refractivity contribution is 5.82. The highest BCUT2D eigenvalue weighted by Gasteiger charge is 2.26. The van der Waals surface area contributed by atoms with Crippen LogP contribution in [0.15, 0.2) is 30.3 Å². The van der Waals surface area contributed by atoms with E-state index in [0.29, 0.717) is 0 Å². The summed E-state index contributed by atoms with van der Waals surface area (Å²) in [6.45, 7) is 5.10. The number of amides is 1. The van der Waals surface area contributed by atoms with E-state index in [-0.39, 0.29) is 19.4 Å². The fourth-order valence-corrected chi connectivity index (χ4v) is 4.67. The number of esters is 1. The van der Waals surface area contributed by atoms with Crippen molar-refractivity contribution < 1.29 is 29.0 Å². The van der Waals surface area contributed by atoms with Crippen LogP contribution in [0.2, 0.25) is 0 Å². The van der Waals surface area contributed by atoms with Crippen molar-refractivity contribution in [2.24, 2.45) is 0 Å². The Balaban J connectivity index is 0.000000308. The number of rotatable bonds is 9. The molecule has 0 radical (unpaired) electrons. The number of ether oxygens (including phenoxy) is 2. The summed E-state index contributed by atoms with van der Waals surface area (Å²) < 4.78 is 10.2. The number of carboxylic acids is 1. The van der Waals surface area contributed by atoms with Gasteiger partial charge in [0.05, 0.1) is 0 Å². The van der Waals surface area contributed by atoms with Crippen molar-refractivity contribution in [1.82, 2.24) is 10.6 Å². The number of carbonyl (C=O) groups excluding carboxylic acids is 2. The number of nitrogens with one attached hydrogen (secondary N) is 2. The van der Waals surface area contributed by atoms with E-state index in [9.17, 15) is 14.4 Å². The zero-order valence-electron chi connectivity index (χ0n) is 22.8. The molecule has 0 aliphatic heterocycles. The molecule has 208 valence electrons. The van der Waals surface area contributed by atoms with E-state index in [1.54, 1.807) is 32.9 Å². The minimum absolute atomic E-state index is 0.0409. The first-order valence-electron chi connectivity index (χ1n) is 13.8. The molecular formula is C29H46N2O6. The van der Waals surface area contributed by atoms with E-state index in [0.717, 1.165) is 17.6 Å². The van der Waals surface area contributed by atoms with Gasteiger partial charge in [-0.25, -0.2) is 9.59 Å². The van der Waals surface area contributed by atoms with Crippen molar-refractivity contribution in [3.8, 4) is 0 Å². The van der Waals surface area contributed by atoms with Gasteiger partial charge in [-0.3, -0.25) is 4.79 Å². The number of carbonyl (C=O) groups is 3. The first-order valence-corrected chi connectivity index (χ1v) is 13.8. The Hall–Kier alpha value is -2.61. The Kier molecular flexibility index (Phi) is 13.5. The van der Waals surface area contributed by atoms with Crippen LogP contribution >= 0.6 is 0 Å². The zero-order valence-corrected chi connectivity index (χ0v) is 22.8. The lowest BCUT2D eigenvalue weighted by molar-refractivity contribution is -0.148. The van der Waals surface area contributed by atoms with E-state index in [2.05, 4.69) is 10.6 Å². The summed E-state index contributed by atoms with van der Waals surface area (Å²) in [6.07, 6.45) is 13.4. The van der Waals surface area contributed by atoms with Gasteiger partial charge in [-0.15, -0.1) is 0 Å². The second-order valence-corrected chi connectivity index (χ2v) is 11.1. The molecular weight excluding hydrogens is 472 g/mol. The van der Waals surface area contributed by atoms with Crippen LogP contribution in [0.5, 0.6) is 0 Å². The van der Waals surface area contributed by atoms with Gasteiger partial charge in [0.1, 0.15) is 18.2 Å². The molecule has 1 aromatic rings. The minimum Gasteiger partial charge on any atom is -0.481 e. The molecule has 2 fully saturated rings. The lowest BCUT2D eigenvalue weighted by Crippen LogP contribution is -2.44. The van der Waals surface area contributed by atoms with E-state index < -0.39 is 29.7 Å². The SMILES string of the molecule is C1CCC(NC2CCCCC2)CC1.CC(C)(C)OC(=O)N[C@@H](CCC(=O)O)C(=O)OCc1ccccc1. The number of carboxylic acid groups (broad SMARTS) is 1. The molecule has 1 aromatic carbocycles. The lowest BCUT2D eigenvalue weighted by atomic mass is 9.91. The summed E-state index contributed by atoms with van der Waals surface area (Å²) in [4.78, 5) is 34.7. The van der Waals surface area contributed by atoms with Gasteiger partial charge < -0.3 is 25.2 Å². The molecule has 8 nitrogen and oxygen atoms in total. The summed E-state index contributed by atoms with van der Waals surface area (Å²) >= 11 is 0. The van der Waals surface area contributed by atoms with Crippen molar-refractivity contribution in [3.63, 3.8) is 0 Å². The smallest absolute Gasteiger partial charge is 0.408 e. The molecule has 2 aliphatic carbocycles. The molecule has 8 heteroatoms. The second kappa shape index (κ2) is 16.3. The van der Waals surface area contributed by atoms with E-state index >= 15 is 0 Å². The van der Waals surface area contributed by atoms with Gasteiger partial charge in [-0.2, -0.15) is 0 Å². The minimum atomic E-state index is -1.08. The van der Waals surface area contributed by atoms with Gasteiger partial charge in [0.15, 0.2) is 0 Å². The molecule has 3 N–H and O–H groups in total. The number of benzene rings is 1. The molecule has 0 aromatic heterocycles. The molecule has 0 bridgehead atoms. The van der Waals surface area contributed by atoms with Crippen molar-refractivity contribution in [1.29, 1.82) is 0 Å². The van der Waals surface area contributed by atoms with Crippen molar-refractivity contribution >= 4 is 18.0 Å². The molecule has 1 atom stereocenters. The third-order valence-electron chi connectivity index (χ3n) is 6.53. The summed E-state index contributed by atoms with van der Waals surface area (Å²) in [6, 6.07) is 9.70. The fourth-order valence-electron chi connectivity index (χ4n) is 4.67. The topological polar surface area (TPSA) is 114 Å². The normalized spacial score (nSPS) is 17.6. The summed E-state index contributed by atoms with van der Waals surface area (Å²) in [7, 11) is 0. The molecule has 0 saturated heterocycles. The van der Waals surface area contributed by atoms with Crippen LogP contribution in [0, 0.1) is 0 Å². The summed E-state index contributed by atoms with van der Waals surface area (Å²) in [5.41, 5.74) is 0.0650. The zero-order chi connectivity index (χ0) is 27.1. The monoisotopic (exact) mass is 518 g/mol. The Morgan fingerprint density at radius 3 is 1.95 bits per heavy atom. The Morgan fingerprint density at radius 2 is 1.46 bits per heavy atom. The van der Waals surface area contributed by atoms with Crippen molar-refractivity contribution in [3.05, 3.63) is 35.9 Å². The number of aliphatic carboxylic acids is 1. The molecule has 2 saturated carbocycles. The standard InChI is InChI=1S/C17H23NO6.C12H23N/c1-17(2,3)24-16(22)18-13(9-10-14(19)20)15(21)23-11-12-7-5-4-6-8-12;1-3-7-11(8-4-1)13-12-9-5-2-6-10-12/h4-8,13H,9-11H2,1-3H3,(H,18,22)(H,19,20);11-13H,1-10H2/t13-;/m0./s1. The summed E-state index contributed by atoms with van der Waals surface area (Å²) in [5, 5.41) is 15.0. The maximum absolute atomic E-state index is 12.1. The van der Waals surface area contributed by atoms with Crippen LogP contribution in [0.25, 0.3) is 0 Å². The van der Waals surface area contributed by atoms with Crippen LogP contribution < -0.4 is 10.6 Å². The second-order valence-electron chi connectivity index (χ2n) is 11.1. The predicted octanol–water partition coefficient (Wildman–Crippen LogP) is 5.73. The summed E-state index contributed by atoms with van der Waals surface area (Å²) in [5.74, 6) is -1.77. The van der Waals surface area contributed by atoms with Crippen LogP contribution in [0.4, 0.5) is 4.79 Å². The molecule has 0 spiro atoms. The van der Waals surface area contributed by atoms with Gasteiger partial charge in [0.2, 0.25) is 0 Å². The molecule has 37 heavy (non-hydrogen) atoms. The van der Waals surface area contributed by atoms with Crippen LogP contribution in [0.1, 0.15) is 103 Å². The average molecular weight is 519 g/mol. The van der Waals surface area contributed by atoms with Gasteiger partial charge in [0.25, 0.3) is 0 Å². The predicted molar refractivity (Wildman–Crippen MR) is 143 cm³/mol. The average Bonchev–Trinajstić information content (AvgIpc) is 2.86. The van der Waals surface area contributed by atoms with Crippen molar-refractivity contribution in [2.75, 3.05) is 0 Å². The van der Waals surface area contributed by atoms with E-state index in [4.69, 9.17) is 14.6 Å². The molecule has 0 heterocycles. The third kappa shape index (κ3) is 14.1. The number of hydrogen-bond acceptors (Lipinski definition) is 6. The van der Waals surface area contributed by atoms with Crippen LogP contribution in [-0.2, 0) is 25.7 Å². The first kappa shape index (κ1) is 30.6.